The van der Waals surface area contributed by atoms with Gasteiger partial charge in [-0.3, -0.25) is 4.79 Å². The normalized spacial score (nSPS) is 10.3. The number of carbonyl (C=O) groups excluding carboxylic acids is 1. The number of carbonyl (C=O) groups is 1. The van der Waals surface area contributed by atoms with Gasteiger partial charge in [0.25, 0.3) is 0 Å². The second kappa shape index (κ2) is 4.91. The standard InChI is InChI=1S/C9H9BrFNOS/c1-14-9-6(10)2-5(3-7(9)11)8(13)4-12/h2-3H,4,12H2,1H3. The van der Waals surface area contributed by atoms with Gasteiger partial charge in [-0.1, -0.05) is 0 Å². The van der Waals surface area contributed by atoms with Crippen molar-refractivity contribution in [2.75, 3.05) is 12.8 Å². The van der Waals surface area contributed by atoms with Crippen LogP contribution in [0, 0.1) is 5.82 Å². The predicted molar refractivity (Wildman–Crippen MR) is 59.3 cm³/mol. The Balaban J connectivity index is 3.20. The van der Waals surface area contributed by atoms with Crippen molar-refractivity contribution in [1.29, 1.82) is 0 Å². The highest BCUT2D eigenvalue weighted by Gasteiger charge is 2.11. The molecule has 0 saturated heterocycles. The molecule has 2 N–H and O–H groups in total. The number of halogens is 2. The van der Waals surface area contributed by atoms with Crippen LogP contribution in [0.15, 0.2) is 21.5 Å². The molecule has 76 valence electrons. The Morgan fingerprint density at radius 1 is 1.64 bits per heavy atom. The number of hydrogen-bond acceptors (Lipinski definition) is 3. The zero-order chi connectivity index (χ0) is 10.7. The Morgan fingerprint density at radius 2 is 2.29 bits per heavy atom. The van der Waals surface area contributed by atoms with Crippen LogP contribution in [0.4, 0.5) is 4.39 Å². The lowest BCUT2D eigenvalue weighted by Crippen LogP contribution is -2.13. The lowest BCUT2D eigenvalue weighted by atomic mass is 10.1. The molecule has 1 aromatic rings. The van der Waals surface area contributed by atoms with Crippen LogP contribution in [0.2, 0.25) is 0 Å². The summed E-state index contributed by atoms with van der Waals surface area (Å²) in [6, 6.07) is 2.80. The van der Waals surface area contributed by atoms with E-state index in [-0.39, 0.29) is 12.3 Å². The molecule has 2 nitrogen and oxygen atoms in total. The first-order valence-electron chi connectivity index (χ1n) is 3.86. The number of hydrogen-bond donors (Lipinski definition) is 1. The molecule has 0 aliphatic carbocycles. The molecular formula is C9H9BrFNOS. The minimum atomic E-state index is -0.399. The number of ketones is 1. The maximum Gasteiger partial charge on any atom is 0.176 e. The molecular weight excluding hydrogens is 269 g/mol. The van der Waals surface area contributed by atoms with Gasteiger partial charge in [0.05, 0.1) is 11.4 Å². The molecule has 0 spiro atoms. The van der Waals surface area contributed by atoms with Gasteiger partial charge in [-0.15, -0.1) is 11.8 Å². The van der Waals surface area contributed by atoms with Gasteiger partial charge in [-0.05, 0) is 34.3 Å². The third kappa shape index (κ3) is 2.34. The number of Topliss-reactive ketones (excluding diaryl/α,β-unsaturated/α-hetero) is 1. The molecule has 0 aliphatic rings. The quantitative estimate of drug-likeness (QED) is 0.682. The monoisotopic (exact) mass is 277 g/mol. The number of nitrogens with two attached hydrogens (primary N) is 1. The van der Waals surface area contributed by atoms with Crippen molar-refractivity contribution in [3.8, 4) is 0 Å². The maximum atomic E-state index is 13.4. The lowest BCUT2D eigenvalue weighted by Gasteiger charge is -2.05. The minimum Gasteiger partial charge on any atom is -0.324 e. The van der Waals surface area contributed by atoms with Crippen molar-refractivity contribution in [2.45, 2.75) is 4.90 Å². The molecule has 0 bridgehead atoms. The van der Waals surface area contributed by atoms with E-state index in [1.165, 1.54) is 17.8 Å². The smallest absolute Gasteiger partial charge is 0.176 e. The molecule has 14 heavy (non-hydrogen) atoms. The van der Waals surface area contributed by atoms with Crippen LogP contribution in [-0.2, 0) is 0 Å². The summed E-state index contributed by atoms with van der Waals surface area (Å²) in [5.74, 6) is -0.666. The van der Waals surface area contributed by atoms with E-state index >= 15 is 0 Å². The van der Waals surface area contributed by atoms with Crippen molar-refractivity contribution in [1.82, 2.24) is 0 Å². The first-order valence-corrected chi connectivity index (χ1v) is 5.88. The van der Waals surface area contributed by atoms with Gasteiger partial charge in [0, 0.05) is 10.0 Å². The van der Waals surface area contributed by atoms with Crippen LogP contribution < -0.4 is 5.73 Å². The Bertz CT molecular complexity index is 347. The zero-order valence-electron chi connectivity index (χ0n) is 7.51. The first-order chi connectivity index (χ1) is 6.60. The highest BCUT2D eigenvalue weighted by atomic mass is 79.9. The Labute approximate surface area is 94.2 Å². The van der Waals surface area contributed by atoms with Crippen LogP contribution in [0.5, 0.6) is 0 Å². The van der Waals surface area contributed by atoms with Crippen LogP contribution in [-0.4, -0.2) is 18.6 Å². The lowest BCUT2D eigenvalue weighted by molar-refractivity contribution is 0.100. The third-order valence-corrected chi connectivity index (χ3v) is 3.42. The fraction of sp³-hybridized carbons (Fsp3) is 0.222. The molecule has 5 heteroatoms. The minimum absolute atomic E-state index is 0.107. The Hall–Kier alpha value is -0.390. The third-order valence-electron chi connectivity index (χ3n) is 1.71. The predicted octanol–water partition coefficient (Wildman–Crippen LogP) is 2.45. The van der Waals surface area contributed by atoms with Crippen molar-refractivity contribution >= 4 is 33.5 Å². The molecule has 1 aromatic carbocycles. The maximum absolute atomic E-state index is 13.4. The molecule has 0 atom stereocenters. The van der Waals surface area contributed by atoms with Gasteiger partial charge >= 0.3 is 0 Å². The topological polar surface area (TPSA) is 43.1 Å². The summed E-state index contributed by atoms with van der Waals surface area (Å²) in [7, 11) is 0. The van der Waals surface area contributed by atoms with Gasteiger partial charge in [-0.25, -0.2) is 4.39 Å². The molecule has 0 radical (unpaired) electrons. The fourth-order valence-electron chi connectivity index (χ4n) is 1.03. The van der Waals surface area contributed by atoms with Gasteiger partial charge in [0.2, 0.25) is 0 Å². The van der Waals surface area contributed by atoms with Gasteiger partial charge in [-0.2, -0.15) is 0 Å². The van der Waals surface area contributed by atoms with Gasteiger partial charge < -0.3 is 5.73 Å². The Kier molecular flexibility index (Phi) is 4.10. The zero-order valence-corrected chi connectivity index (χ0v) is 9.91. The van der Waals surface area contributed by atoms with E-state index in [1.807, 2.05) is 0 Å². The van der Waals surface area contributed by atoms with Crippen molar-refractivity contribution < 1.29 is 9.18 Å². The summed E-state index contributed by atoms with van der Waals surface area (Å²) in [4.78, 5) is 11.7. The van der Waals surface area contributed by atoms with Gasteiger partial charge in [0.1, 0.15) is 5.82 Å². The molecule has 0 amide bonds. The van der Waals surface area contributed by atoms with Crippen molar-refractivity contribution in [2.24, 2.45) is 5.73 Å². The van der Waals surface area contributed by atoms with E-state index in [9.17, 15) is 9.18 Å². The summed E-state index contributed by atoms with van der Waals surface area (Å²) in [6.07, 6.45) is 1.77. The van der Waals surface area contributed by atoms with Gasteiger partial charge in [0.15, 0.2) is 5.78 Å². The summed E-state index contributed by atoms with van der Waals surface area (Å²) in [6.45, 7) is -0.107. The Morgan fingerprint density at radius 3 is 2.71 bits per heavy atom. The molecule has 1 rings (SSSR count). The number of rotatable bonds is 3. The van der Waals surface area contributed by atoms with E-state index < -0.39 is 5.82 Å². The molecule has 0 fully saturated rings. The largest absolute Gasteiger partial charge is 0.324 e. The van der Waals surface area contributed by atoms with Crippen LogP contribution >= 0.6 is 27.7 Å². The highest BCUT2D eigenvalue weighted by molar-refractivity contribution is 9.10. The molecule has 0 saturated carbocycles. The average molecular weight is 278 g/mol. The van der Waals surface area contributed by atoms with Crippen LogP contribution in [0.3, 0.4) is 0 Å². The fourth-order valence-corrected chi connectivity index (χ4v) is 2.46. The summed E-state index contributed by atoms with van der Waals surface area (Å²) in [5, 5.41) is 0. The average Bonchev–Trinajstić information content (AvgIpc) is 2.16. The molecule has 0 unspecified atom stereocenters. The molecule has 0 aromatic heterocycles. The van der Waals surface area contributed by atoms with Crippen LogP contribution in [0.1, 0.15) is 10.4 Å². The summed E-state index contributed by atoms with van der Waals surface area (Å²) in [5.41, 5.74) is 5.48. The van der Waals surface area contributed by atoms with E-state index in [1.54, 1.807) is 12.3 Å². The highest BCUT2D eigenvalue weighted by Crippen LogP contribution is 2.29. The number of thioether (sulfide) groups is 1. The summed E-state index contributed by atoms with van der Waals surface area (Å²) >= 11 is 4.49. The summed E-state index contributed by atoms with van der Waals surface area (Å²) < 4.78 is 13.9. The van der Waals surface area contributed by atoms with E-state index in [0.717, 1.165) is 0 Å². The molecule has 0 heterocycles. The van der Waals surface area contributed by atoms with E-state index in [4.69, 9.17) is 5.73 Å². The number of benzene rings is 1. The first kappa shape index (κ1) is 11.7. The van der Waals surface area contributed by atoms with Crippen LogP contribution in [0.25, 0.3) is 0 Å². The second-order valence-electron chi connectivity index (χ2n) is 2.60. The molecule has 0 aliphatic heterocycles. The SMILES string of the molecule is CSc1c(F)cc(C(=O)CN)cc1Br. The van der Waals surface area contributed by atoms with Crippen molar-refractivity contribution in [3.63, 3.8) is 0 Å². The van der Waals surface area contributed by atoms with E-state index in [0.29, 0.717) is 14.9 Å². The van der Waals surface area contributed by atoms with E-state index in [2.05, 4.69) is 15.9 Å². The second-order valence-corrected chi connectivity index (χ2v) is 4.27. The van der Waals surface area contributed by atoms with Crippen molar-refractivity contribution in [3.05, 3.63) is 28.0 Å².